The van der Waals surface area contributed by atoms with Crippen LogP contribution in [0.1, 0.15) is 6.92 Å². The molecule has 0 saturated carbocycles. The van der Waals surface area contributed by atoms with Crippen LogP contribution in [0.2, 0.25) is 0 Å². The normalized spacial score (nSPS) is 23.6. The monoisotopic (exact) mass is 137 g/mol. The van der Waals surface area contributed by atoms with Crippen LogP contribution in [-0.2, 0) is 0 Å². The Morgan fingerprint density at radius 3 is 2.60 bits per heavy atom. The second-order valence-electron chi connectivity index (χ2n) is 2.61. The summed E-state index contributed by atoms with van der Waals surface area (Å²) in [6.07, 6.45) is 6.93. The summed E-state index contributed by atoms with van der Waals surface area (Å²) in [5.41, 5.74) is 0. The molecule has 2 heteroatoms. The average Bonchev–Trinajstić information content (AvgIpc) is 2.05. The van der Waals surface area contributed by atoms with Gasteiger partial charge in [0.25, 0.3) is 0 Å². The van der Waals surface area contributed by atoms with Crippen LogP contribution in [0.5, 0.6) is 0 Å². The van der Waals surface area contributed by atoms with Crippen molar-refractivity contribution >= 4 is 0 Å². The molecule has 1 fully saturated rings. The molecule has 1 N–H and O–H groups in total. The Morgan fingerprint density at radius 1 is 1.50 bits per heavy atom. The van der Waals surface area contributed by atoms with Crippen LogP contribution >= 0.6 is 0 Å². The van der Waals surface area contributed by atoms with Crippen LogP contribution in [0.3, 0.4) is 0 Å². The Morgan fingerprint density at radius 2 is 2.10 bits per heavy atom. The molecule has 1 unspecified atom stereocenters. The summed E-state index contributed by atoms with van der Waals surface area (Å²) in [5, 5.41) is 3.26. The molecule has 0 aromatic heterocycles. The largest absolute Gasteiger partial charge is 0.314 e. The first kappa shape index (κ1) is 7.59. The Bertz CT molecular complexity index is 131. The average molecular weight is 137 g/mol. The SMILES string of the molecule is [C]#CC(C)N1CCNCC1. The molecule has 0 aromatic rings. The van der Waals surface area contributed by atoms with Gasteiger partial charge in [-0.2, -0.15) is 0 Å². The van der Waals surface area contributed by atoms with Gasteiger partial charge in [0.15, 0.2) is 0 Å². The smallest absolute Gasteiger partial charge is 0.0697 e. The van der Waals surface area contributed by atoms with Gasteiger partial charge in [0, 0.05) is 26.2 Å². The summed E-state index contributed by atoms with van der Waals surface area (Å²) in [4.78, 5) is 2.25. The molecule has 0 aromatic carbocycles. The zero-order chi connectivity index (χ0) is 7.40. The second kappa shape index (κ2) is 3.60. The van der Waals surface area contributed by atoms with Crippen LogP contribution in [0.4, 0.5) is 0 Å². The summed E-state index contributed by atoms with van der Waals surface area (Å²) in [6.45, 7) is 6.20. The van der Waals surface area contributed by atoms with Gasteiger partial charge in [-0.25, -0.2) is 0 Å². The molecular weight excluding hydrogens is 124 g/mol. The van der Waals surface area contributed by atoms with Crippen molar-refractivity contribution in [2.75, 3.05) is 26.2 Å². The van der Waals surface area contributed by atoms with E-state index in [1.165, 1.54) is 0 Å². The Balaban J connectivity index is 2.33. The summed E-state index contributed by atoms with van der Waals surface area (Å²) < 4.78 is 0. The lowest BCUT2D eigenvalue weighted by atomic mass is 10.2. The van der Waals surface area contributed by atoms with E-state index in [0.717, 1.165) is 26.2 Å². The second-order valence-corrected chi connectivity index (χ2v) is 2.61. The lowest BCUT2D eigenvalue weighted by Crippen LogP contribution is -2.46. The van der Waals surface area contributed by atoms with E-state index < -0.39 is 0 Å². The van der Waals surface area contributed by atoms with Gasteiger partial charge in [-0.05, 0) is 13.3 Å². The van der Waals surface area contributed by atoms with Gasteiger partial charge in [-0.3, -0.25) is 4.90 Å². The van der Waals surface area contributed by atoms with Crippen LogP contribution in [0.15, 0.2) is 0 Å². The predicted molar refractivity (Wildman–Crippen MR) is 41.0 cm³/mol. The maximum Gasteiger partial charge on any atom is 0.0697 e. The van der Waals surface area contributed by atoms with Gasteiger partial charge in [-0.15, -0.1) is 0 Å². The van der Waals surface area contributed by atoms with Crippen molar-refractivity contribution in [3.63, 3.8) is 0 Å². The van der Waals surface area contributed by atoms with E-state index in [9.17, 15) is 0 Å². The highest BCUT2D eigenvalue weighted by Gasteiger charge is 2.13. The molecule has 1 heterocycles. The number of nitrogens with zero attached hydrogens (tertiary/aromatic N) is 1. The van der Waals surface area contributed by atoms with Crippen molar-refractivity contribution in [2.24, 2.45) is 0 Å². The molecule has 0 aliphatic carbocycles. The molecule has 0 bridgehead atoms. The van der Waals surface area contributed by atoms with Crippen molar-refractivity contribution in [3.05, 3.63) is 6.42 Å². The zero-order valence-corrected chi connectivity index (χ0v) is 6.35. The molecule has 1 radical (unpaired) electrons. The molecular formula is C8H13N2. The van der Waals surface area contributed by atoms with E-state index in [4.69, 9.17) is 6.42 Å². The lowest BCUT2D eigenvalue weighted by Gasteiger charge is -2.29. The minimum Gasteiger partial charge on any atom is -0.314 e. The predicted octanol–water partition coefficient (Wildman–Crippen LogP) is -0.130. The van der Waals surface area contributed by atoms with E-state index in [1.54, 1.807) is 0 Å². The van der Waals surface area contributed by atoms with Crippen molar-refractivity contribution in [3.8, 4) is 5.92 Å². The third-order valence-corrected chi connectivity index (χ3v) is 1.91. The minimum atomic E-state index is 0.196. The lowest BCUT2D eigenvalue weighted by molar-refractivity contribution is 0.218. The maximum atomic E-state index is 6.93. The molecule has 1 aliphatic heterocycles. The van der Waals surface area contributed by atoms with Crippen molar-refractivity contribution in [2.45, 2.75) is 13.0 Å². The van der Waals surface area contributed by atoms with Gasteiger partial charge >= 0.3 is 0 Å². The number of hydrogen-bond donors (Lipinski definition) is 1. The molecule has 1 rings (SSSR count). The molecule has 1 atom stereocenters. The summed E-state index contributed by atoms with van der Waals surface area (Å²) >= 11 is 0. The molecule has 10 heavy (non-hydrogen) atoms. The van der Waals surface area contributed by atoms with Crippen LogP contribution in [-0.4, -0.2) is 37.1 Å². The third-order valence-electron chi connectivity index (χ3n) is 1.91. The number of nitrogens with one attached hydrogen (secondary N) is 1. The van der Waals surface area contributed by atoms with Crippen LogP contribution < -0.4 is 5.32 Å². The Kier molecular flexibility index (Phi) is 2.73. The van der Waals surface area contributed by atoms with Gasteiger partial charge in [-0.1, -0.05) is 5.92 Å². The van der Waals surface area contributed by atoms with Gasteiger partial charge < -0.3 is 5.32 Å². The van der Waals surface area contributed by atoms with Gasteiger partial charge in [0.1, 0.15) is 0 Å². The molecule has 0 spiro atoms. The van der Waals surface area contributed by atoms with Gasteiger partial charge in [0.05, 0.1) is 6.04 Å². The first-order valence-corrected chi connectivity index (χ1v) is 3.71. The molecule has 2 nitrogen and oxygen atoms in total. The van der Waals surface area contributed by atoms with Crippen LogP contribution in [0, 0.1) is 12.3 Å². The van der Waals surface area contributed by atoms with Crippen molar-refractivity contribution < 1.29 is 0 Å². The Hall–Kier alpha value is -0.520. The number of rotatable bonds is 1. The maximum absolute atomic E-state index is 6.93. The molecule has 1 saturated heterocycles. The summed E-state index contributed by atoms with van der Waals surface area (Å²) in [5.74, 6) is 2.48. The van der Waals surface area contributed by atoms with E-state index in [2.05, 4.69) is 16.1 Å². The molecule has 55 valence electrons. The van der Waals surface area contributed by atoms with E-state index >= 15 is 0 Å². The summed E-state index contributed by atoms with van der Waals surface area (Å²) in [7, 11) is 0. The highest BCUT2D eigenvalue weighted by molar-refractivity contribution is 4.93. The number of piperazine rings is 1. The highest BCUT2D eigenvalue weighted by atomic mass is 15.2. The molecule has 1 aliphatic rings. The first-order valence-electron chi connectivity index (χ1n) is 3.71. The van der Waals surface area contributed by atoms with Crippen molar-refractivity contribution in [1.82, 2.24) is 10.2 Å². The minimum absolute atomic E-state index is 0.196. The fourth-order valence-corrected chi connectivity index (χ4v) is 1.16. The van der Waals surface area contributed by atoms with Crippen molar-refractivity contribution in [1.29, 1.82) is 0 Å². The fraction of sp³-hybridized carbons (Fsp3) is 0.750. The molecule has 0 amide bonds. The van der Waals surface area contributed by atoms with E-state index in [0.29, 0.717) is 0 Å². The first-order chi connectivity index (χ1) is 4.84. The fourth-order valence-electron chi connectivity index (χ4n) is 1.16. The third kappa shape index (κ3) is 1.73. The van der Waals surface area contributed by atoms with E-state index in [1.807, 2.05) is 6.92 Å². The Labute approximate surface area is 62.6 Å². The summed E-state index contributed by atoms with van der Waals surface area (Å²) in [6, 6.07) is 0.196. The highest BCUT2D eigenvalue weighted by Crippen LogP contribution is 1.98. The topological polar surface area (TPSA) is 15.3 Å². The number of hydrogen-bond acceptors (Lipinski definition) is 2. The standard InChI is InChI=1S/C8H13N2/c1-3-8(2)10-6-4-9-5-7-10/h8-9H,4-7H2,2H3. The van der Waals surface area contributed by atoms with Gasteiger partial charge in [0.2, 0.25) is 0 Å². The quantitative estimate of drug-likeness (QED) is 0.506. The zero-order valence-electron chi connectivity index (χ0n) is 6.35. The van der Waals surface area contributed by atoms with E-state index in [-0.39, 0.29) is 6.04 Å². The van der Waals surface area contributed by atoms with Crippen LogP contribution in [0.25, 0.3) is 0 Å².